The molecule has 9 aromatic carbocycles. The number of phenolic OH excluding ortho intramolecular Hbond substituents is 2. The summed E-state index contributed by atoms with van der Waals surface area (Å²) in [4.78, 5) is 0. The summed E-state index contributed by atoms with van der Waals surface area (Å²) in [5.41, 5.74) is -2.42. The number of benzene rings is 9. The maximum atomic E-state index is 14.9. The molecule has 0 fully saturated rings. The number of rotatable bonds is 16. The van der Waals surface area contributed by atoms with Crippen molar-refractivity contribution in [3.05, 3.63) is 271 Å². The Balaban J connectivity index is 1.49. The van der Waals surface area contributed by atoms with Crippen molar-refractivity contribution in [2.45, 2.75) is 24.7 Å². The third-order valence-corrected chi connectivity index (χ3v) is 24.7. The zero-order valence-electron chi connectivity index (χ0n) is 38.4. The number of hydrogen-bond donors (Lipinski definition) is 2. The van der Waals surface area contributed by atoms with Crippen molar-refractivity contribution in [3.63, 3.8) is 0 Å². The number of alkyl halides is 6. The number of phenols is 2. The fraction of sp³-hybridized carbons (Fsp3) is 0.0690. The zero-order chi connectivity index (χ0) is 50.5. The summed E-state index contributed by atoms with van der Waals surface area (Å²) < 4.78 is 112. The Morgan fingerprint density at radius 3 is 0.847 bits per heavy atom. The maximum absolute atomic E-state index is 14.9. The van der Waals surface area contributed by atoms with Gasteiger partial charge in [0, 0.05) is 0 Å². The van der Waals surface area contributed by atoms with Crippen molar-refractivity contribution in [2.75, 3.05) is 0 Å². The van der Waals surface area contributed by atoms with E-state index < -0.39 is 50.2 Å². The standard InChI is InChI=1S/C58H47BF6O5P2/c60-57(61,62)46-39-47(58(63,64)65)41-48(40-46)68-59(69-71(49-25-7-1-8-26-49,50-27-9-2-10-28-50,51-29-11-3-12-30-51)42-44-23-19-21-37-55(44)66)70-72(52-31-13-4-14-32-52,53-33-15-5-16-34-53,54-35-17-6-18-36-54)43-45-24-20-22-38-56(45)67/h1-41,66-67H,42-43H2. The van der Waals surface area contributed by atoms with E-state index in [4.69, 9.17) is 13.5 Å². The molecule has 2 N–H and O–H groups in total. The number of para-hydroxylation sites is 2. The minimum absolute atomic E-state index is 0.0375. The monoisotopic (exact) mass is 1010 g/mol. The molecule has 0 saturated heterocycles. The average molecular weight is 1010 g/mol. The van der Waals surface area contributed by atoms with E-state index in [2.05, 4.69) is 0 Å². The van der Waals surface area contributed by atoms with Crippen molar-refractivity contribution in [1.29, 1.82) is 0 Å². The Hall–Kier alpha value is -7.20. The third-order valence-electron chi connectivity index (χ3n) is 13.2. The van der Waals surface area contributed by atoms with Crippen LogP contribution in [0.15, 0.2) is 249 Å². The van der Waals surface area contributed by atoms with Crippen LogP contribution in [-0.4, -0.2) is 17.5 Å². The van der Waals surface area contributed by atoms with Crippen molar-refractivity contribution >= 4 is 52.8 Å². The summed E-state index contributed by atoms with van der Waals surface area (Å²) in [5, 5.41) is 27.0. The van der Waals surface area contributed by atoms with Crippen LogP contribution in [0.25, 0.3) is 0 Å². The van der Waals surface area contributed by atoms with E-state index >= 15 is 0 Å². The van der Waals surface area contributed by atoms with Gasteiger partial charge in [0.05, 0.1) is 0 Å². The van der Waals surface area contributed by atoms with Crippen LogP contribution in [0.3, 0.4) is 0 Å². The first-order valence-corrected chi connectivity index (χ1v) is 27.6. The minimum atomic E-state index is -5.25. The molecule has 0 unspecified atom stereocenters. The molecule has 0 radical (unpaired) electrons. The van der Waals surface area contributed by atoms with E-state index in [1.165, 1.54) is 12.1 Å². The molecular formula is C58H47BF6O5P2. The van der Waals surface area contributed by atoms with Crippen LogP contribution in [0.1, 0.15) is 22.3 Å². The van der Waals surface area contributed by atoms with Crippen LogP contribution in [0, 0.1) is 0 Å². The van der Waals surface area contributed by atoms with E-state index in [1.807, 2.05) is 182 Å². The van der Waals surface area contributed by atoms with Gasteiger partial charge in [-0.25, -0.2) is 0 Å². The Morgan fingerprint density at radius 1 is 0.347 bits per heavy atom. The summed E-state index contributed by atoms with van der Waals surface area (Å²) in [5.74, 6) is -1.05. The molecule has 0 spiro atoms. The van der Waals surface area contributed by atoms with Gasteiger partial charge in [-0.2, -0.15) is 0 Å². The van der Waals surface area contributed by atoms with Gasteiger partial charge in [-0.3, -0.25) is 0 Å². The van der Waals surface area contributed by atoms with Gasteiger partial charge in [0.25, 0.3) is 0 Å². The molecule has 0 aliphatic rings. The van der Waals surface area contributed by atoms with Gasteiger partial charge in [0.2, 0.25) is 0 Å². The summed E-state index contributed by atoms with van der Waals surface area (Å²) in [6.45, 7) is -10.1. The predicted octanol–water partition coefficient (Wildman–Crippen LogP) is 12.8. The summed E-state index contributed by atoms with van der Waals surface area (Å²) >= 11 is 0. The summed E-state index contributed by atoms with van der Waals surface area (Å²) in [6.07, 6.45) is -10.7. The van der Waals surface area contributed by atoms with Gasteiger partial charge < -0.3 is 0 Å². The molecular weight excluding hydrogens is 963 g/mol. The van der Waals surface area contributed by atoms with Gasteiger partial charge in [0.1, 0.15) is 0 Å². The second kappa shape index (κ2) is 19.8. The van der Waals surface area contributed by atoms with Crippen LogP contribution < -0.4 is 36.5 Å². The van der Waals surface area contributed by atoms with Gasteiger partial charge in [-0.15, -0.1) is 0 Å². The molecule has 5 nitrogen and oxygen atoms in total. The molecule has 0 aliphatic heterocycles. The van der Waals surface area contributed by atoms with Gasteiger partial charge in [-0.05, 0) is 0 Å². The molecule has 0 saturated carbocycles. The molecule has 364 valence electrons. The topological polar surface area (TPSA) is 68.2 Å². The molecule has 9 aromatic rings. The quantitative estimate of drug-likeness (QED) is 0.0573. The normalized spacial score (nSPS) is 13.2. The first-order valence-electron chi connectivity index (χ1n) is 22.9. The SMILES string of the molecule is Oc1ccccc1CP(OB(Oc1cc(C(F)(F)F)cc(C(F)(F)F)c1)OP(Cc1ccccc1O)(c1ccccc1)(c1ccccc1)c1ccccc1)(c1ccccc1)(c1ccccc1)c1ccccc1. The number of halogens is 6. The average Bonchev–Trinajstić information content (AvgIpc) is 3.40. The molecule has 72 heavy (non-hydrogen) atoms. The van der Waals surface area contributed by atoms with Crippen molar-refractivity contribution in [1.82, 2.24) is 0 Å². The van der Waals surface area contributed by atoms with Crippen LogP contribution in [0.4, 0.5) is 26.3 Å². The molecule has 0 heterocycles. The Morgan fingerprint density at radius 2 is 0.597 bits per heavy atom. The van der Waals surface area contributed by atoms with Crippen molar-refractivity contribution in [3.8, 4) is 17.2 Å². The van der Waals surface area contributed by atoms with Crippen molar-refractivity contribution in [2.24, 2.45) is 0 Å². The molecule has 0 bridgehead atoms. The Kier molecular flexibility index (Phi) is 13.7. The van der Waals surface area contributed by atoms with Crippen LogP contribution in [0.2, 0.25) is 0 Å². The van der Waals surface area contributed by atoms with E-state index in [1.54, 1.807) is 36.4 Å². The summed E-state index contributed by atoms with van der Waals surface area (Å²) in [6, 6.07) is 69.4. The first kappa shape index (κ1) is 49.8. The van der Waals surface area contributed by atoms with E-state index in [-0.39, 0.29) is 29.9 Å². The molecule has 14 heteroatoms. The molecule has 9 rings (SSSR count). The molecule has 0 amide bonds. The van der Waals surface area contributed by atoms with Crippen LogP contribution in [0.5, 0.6) is 17.2 Å². The van der Waals surface area contributed by atoms with E-state index in [9.17, 15) is 36.6 Å². The van der Waals surface area contributed by atoms with Gasteiger partial charge >= 0.3 is 416 Å². The Bertz CT molecular complexity index is 2850. The number of hydrogen-bond acceptors (Lipinski definition) is 5. The fourth-order valence-corrected chi connectivity index (χ4v) is 21.2. The third kappa shape index (κ3) is 9.05. The summed E-state index contributed by atoms with van der Waals surface area (Å²) in [7, 11) is -2.23. The van der Waals surface area contributed by atoms with Gasteiger partial charge in [0.15, 0.2) is 0 Å². The van der Waals surface area contributed by atoms with Crippen LogP contribution >= 0.6 is 13.7 Å². The molecule has 0 atom stereocenters. The van der Waals surface area contributed by atoms with Gasteiger partial charge in [-0.1, -0.05) is 0 Å². The molecule has 0 aromatic heterocycles. The Labute approximate surface area is 414 Å². The number of aromatic hydroxyl groups is 2. The first-order chi connectivity index (χ1) is 34.6. The predicted molar refractivity (Wildman–Crippen MR) is 279 cm³/mol. The second-order valence-corrected chi connectivity index (χ2v) is 26.4. The fourth-order valence-electron chi connectivity index (χ4n) is 9.83. The van der Waals surface area contributed by atoms with E-state index in [0.29, 0.717) is 55.1 Å². The van der Waals surface area contributed by atoms with Crippen molar-refractivity contribution < 1.29 is 50.1 Å². The van der Waals surface area contributed by atoms with E-state index in [0.717, 1.165) is 0 Å². The second-order valence-electron chi connectivity index (χ2n) is 17.4. The van der Waals surface area contributed by atoms with Crippen LogP contribution in [-0.2, 0) is 33.6 Å². The molecule has 0 aliphatic carbocycles. The zero-order valence-corrected chi connectivity index (χ0v) is 40.2.